The number of amides is 1. The Kier molecular flexibility index (Phi) is 8.87. The Bertz CT molecular complexity index is 656. The lowest BCUT2D eigenvalue weighted by atomic mass is 10.0. The van der Waals surface area contributed by atoms with Crippen molar-refractivity contribution in [3.8, 4) is 0 Å². The maximum Gasteiger partial charge on any atom is 0.490 e. The van der Waals surface area contributed by atoms with Gasteiger partial charge in [0.2, 0.25) is 0 Å². The highest BCUT2D eigenvalue weighted by atomic mass is 32.1. The second kappa shape index (κ2) is 10.9. The number of nitrogens with zero attached hydrogens (tertiary/aromatic N) is 2. The number of methoxy groups -OCH3 is 1. The van der Waals surface area contributed by atoms with Crippen molar-refractivity contribution in [2.75, 3.05) is 46.5 Å². The molecule has 1 N–H and O–H groups in total. The molecule has 2 aliphatic heterocycles. The van der Waals surface area contributed by atoms with Gasteiger partial charge in [-0.2, -0.15) is 13.2 Å². The van der Waals surface area contributed by atoms with Crippen LogP contribution in [0.1, 0.15) is 22.5 Å². The highest BCUT2D eigenvalue weighted by Gasteiger charge is 2.38. The molecule has 29 heavy (non-hydrogen) atoms. The summed E-state index contributed by atoms with van der Waals surface area (Å²) in [7, 11) is 1.74. The van der Waals surface area contributed by atoms with E-state index in [1.54, 1.807) is 7.11 Å². The van der Waals surface area contributed by atoms with Gasteiger partial charge in [-0.15, -0.1) is 11.3 Å². The molecule has 0 aromatic carbocycles. The summed E-state index contributed by atoms with van der Waals surface area (Å²) in [5.74, 6) is -2.59. The van der Waals surface area contributed by atoms with Crippen molar-refractivity contribution in [2.45, 2.75) is 31.2 Å². The number of ether oxygens (including phenoxy) is 2. The van der Waals surface area contributed by atoms with Crippen molar-refractivity contribution in [3.63, 3.8) is 0 Å². The molecule has 7 nitrogen and oxygen atoms in total. The molecule has 1 amide bonds. The van der Waals surface area contributed by atoms with E-state index in [1.165, 1.54) is 11.3 Å². The Morgan fingerprint density at radius 1 is 1.31 bits per heavy atom. The number of halogens is 3. The Balaban J connectivity index is 0.000000370. The van der Waals surface area contributed by atoms with Gasteiger partial charge in [-0.05, 0) is 24.3 Å². The number of fused-ring (bicyclic) bond motifs is 1. The lowest BCUT2D eigenvalue weighted by molar-refractivity contribution is -0.192. The Hall–Kier alpha value is -1.69. The third-order valence-corrected chi connectivity index (χ3v) is 5.69. The molecule has 1 aromatic rings. The lowest BCUT2D eigenvalue weighted by Gasteiger charge is -2.40. The summed E-state index contributed by atoms with van der Waals surface area (Å²) in [5, 5.41) is 9.08. The van der Waals surface area contributed by atoms with Crippen LogP contribution < -0.4 is 0 Å². The van der Waals surface area contributed by atoms with Crippen LogP contribution in [-0.2, 0) is 14.3 Å². The number of rotatable bonds is 4. The first kappa shape index (κ1) is 23.6. The molecule has 2 aliphatic rings. The number of carbonyl (C=O) groups is 2. The molecule has 0 spiro atoms. The number of carboxylic acid groups (broad SMARTS) is 1. The molecule has 3 heterocycles. The molecule has 0 aliphatic carbocycles. The maximum absolute atomic E-state index is 12.5. The fraction of sp³-hybridized carbons (Fsp3) is 0.667. The van der Waals surface area contributed by atoms with Crippen LogP contribution in [0.4, 0.5) is 13.2 Å². The van der Waals surface area contributed by atoms with Crippen molar-refractivity contribution in [3.05, 3.63) is 22.4 Å². The predicted molar refractivity (Wildman–Crippen MR) is 100 cm³/mol. The van der Waals surface area contributed by atoms with Gasteiger partial charge in [0.25, 0.3) is 5.91 Å². The summed E-state index contributed by atoms with van der Waals surface area (Å²) in [6, 6.07) is 4.25. The van der Waals surface area contributed by atoms with Crippen LogP contribution >= 0.6 is 11.3 Å². The summed E-state index contributed by atoms with van der Waals surface area (Å²) < 4.78 is 42.9. The fourth-order valence-electron chi connectivity index (χ4n) is 3.41. The minimum Gasteiger partial charge on any atom is -0.475 e. The Labute approximate surface area is 171 Å². The van der Waals surface area contributed by atoms with Gasteiger partial charge in [0, 0.05) is 39.3 Å². The van der Waals surface area contributed by atoms with Crippen LogP contribution in [0.5, 0.6) is 0 Å². The van der Waals surface area contributed by atoms with E-state index in [2.05, 4.69) is 4.90 Å². The number of carboxylic acids is 1. The van der Waals surface area contributed by atoms with E-state index in [4.69, 9.17) is 19.4 Å². The minimum atomic E-state index is -5.08. The SMILES string of the molecule is COCCN1CCO[C@H]2CCN(C(=O)c3cccs3)CC[C@@H]21.O=C(O)C(F)(F)F. The van der Waals surface area contributed by atoms with E-state index in [1.807, 2.05) is 22.4 Å². The summed E-state index contributed by atoms with van der Waals surface area (Å²) in [6.07, 6.45) is -2.94. The van der Waals surface area contributed by atoms with E-state index in [0.29, 0.717) is 6.04 Å². The zero-order valence-corrected chi connectivity index (χ0v) is 16.9. The zero-order chi connectivity index (χ0) is 21.4. The highest BCUT2D eigenvalue weighted by Crippen LogP contribution is 2.25. The number of aliphatic carboxylic acids is 1. The summed E-state index contributed by atoms with van der Waals surface area (Å²) in [6.45, 7) is 5.04. The number of hydrogen-bond donors (Lipinski definition) is 1. The largest absolute Gasteiger partial charge is 0.490 e. The smallest absolute Gasteiger partial charge is 0.475 e. The van der Waals surface area contributed by atoms with E-state index >= 15 is 0 Å². The zero-order valence-electron chi connectivity index (χ0n) is 16.1. The number of hydrogen-bond acceptors (Lipinski definition) is 6. The molecule has 3 rings (SSSR count). The van der Waals surface area contributed by atoms with E-state index in [0.717, 1.165) is 57.1 Å². The monoisotopic (exact) mass is 438 g/mol. The van der Waals surface area contributed by atoms with Crippen molar-refractivity contribution < 1.29 is 37.3 Å². The average Bonchev–Trinajstić information content (AvgIpc) is 3.12. The molecule has 1 aromatic heterocycles. The summed E-state index contributed by atoms with van der Waals surface area (Å²) in [5.41, 5.74) is 0. The van der Waals surface area contributed by atoms with Crippen molar-refractivity contribution in [2.24, 2.45) is 0 Å². The third-order valence-electron chi connectivity index (χ3n) is 4.83. The van der Waals surface area contributed by atoms with Crippen LogP contribution in [0.15, 0.2) is 17.5 Å². The van der Waals surface area contributed by atoms with Gasteiger partial charge in [-0.3, -0.25) is 9.69 Å². The van der Waals surface area contributed by atoms with Crippen LogP contribution in [0, 0.1) is 0 Å². The third kappa shape index (κ3) is 6.95. The first-order chi connectivity index (χ1) is 13.7. The first-order valence-electron chi connectivity index (χ1n) is 9.21. The van der Waals surface area contributed by atoms with E-state index in [-0.39, 0.29) is 12.0 Å². The molecule has 11 heteroatoms. The maximum atomic E-state index is 12.5. The average molecular weight is 438 g/mol. The molecular weight excluding hydrogens is 413 g/mol. The van der Waals surface area contributed by atoms with Crippen molar-refractivity contribution in [1.29, 1.82) is 0 Å². The van der Waals surface area contributed by atoms with Gasteiger partial charge < -0.3 is 19.5 Å². The molecule has 2 saturated heterocycles. The van der Waals surface area contributed by atoms with Crippen LogP contribution in [0.2, 0.25) is 0 Å². The number of thiophene rings is 1. The van der Waals surface area contributed by atoms with Gasteiger partial charge in [0.15, 0.2) is 0 Å². The molecule has 0 saturated carbocycles. The molecular formula is C18H25F3N2O5S. The number of alkyl halides is 3. The topological polar surface area (TPSA) is 79.3 Å². The van der Waals surface area contributed by atoms with Crippen LogP contribution in [0.3, 0.4) is 0 Å². The van der Waals surface area contributed by atoms with Gasteiger partial charge in [-0.1, -0.05) is 6.07 Å². The second-order valence-electron chi connectivity index (χ2n) is 6.66. The number of morpholine rings is 1. The Morgan fingerprint density at radius 3 is 2.59 bits per heavy atom. The minimum absolute atomic E-state index is 0.164. The lowest BCUT2D eigenvalue weighted by Crippen LogP contribution is -2.52. The fourth-order valence-corrected chi connectivity index (χ4v) is 4.10. The molecule has 0 unspecified atom stereocenters. The summed E-state index contributed by atoms with van der Waals surface area (Å²) in [4.78, 5) is 26.7. The van der Waals surface area contributed by atoms with E-state index < -0.39 is 12.1 Å². The standard InChI is InChI=1S/C16H24N2O3S.C2HF3O2/c1-20-10-8-17-9-11-21-14-5-7-18(6-4-13(14)17)16(19)15-3-2-12-22-15;3-2(4,5)1(6)7/h2-3,12-14H,4-11H2,1H3;(H,6,7)/t13-,14-;/m0./s1. The van der Waals surface area contributed by atoms with Crippen LogP contribution in [0.25, 0.3) is 0 Å². The van der Waals surface area contributed by atoms with Crippen molar-refractivity contribution >= 4 is 23.2 Å². The van der Waals surface area contributed by atoms with Gasteiger partial charge in [0.05, 0.1) is 24.2 Å². The molecule has 164 valence electrons. The molecule has 0 radical (unpaired) electrons. The highest BCUT2D eigenvalue weighted by molar-refractivity contribution is 7.12. The normalized spacial score (nSPS) is 22.8. The second-order valence-corrected chi connectivity index (χ2v) is 7.60. The molecule has 2 atom stereocenters. The molecule has 0 bridgehead atoms. The Morgan fingerprint density at radius 2 is 2.00 bits per heavy atom. The van der Waals surface area contributed by atoms with Crippen molar-refractivity contribution in [1.82, 2.24) is 9.80 Å². The first-order valence-corrected chi connectivity index (χ1v) is 10.1. The number of likely N-dealkylation sites (tertiary alicyclic amines) is 1. The molecule has 2 fully saturated rings. The van der Waals surface area contributed by atoms with Crippen LogP contribution in [-0.4, -0.2) is 91.6 Å². The number of carbonyl (C=O) groups excluding carboxylic acids is 1. The summed E-state index contributed by atoms with van der Waals surface area (Å²) >= 11 is 1.52. The van der Waals surface area contributed by atoms with Gasteiger partial charge in [-0.25, -0.2) is 4.79 Å². The van der Waals surface area contributed by atoms with Gasteiger partial charge >= 0.3 is 12.1 Å². The quantitative estimate of drug-likeness (QED) is 0.778. The van der Waals surface area contributed by atoms with Gasteiger partial charge in [0.1, 0.15) is 0 Å². The predicted octanol–water partition coefficient (Wildman–Crippen LogP) is 2.33. The van der Waals surface area contributed by atoms with E-state index in [9.17, 15) is 18.0 Å².